The number of aliphatic hydroxyl groups excluding tert-OH is 1. The fraction of sp³-hybridized carbons (Fsp3) is 0.364. The van der Waals surface area contributed by atoms with E-state index in [1.165, 1.54) is 4.90 Å². The Labute approximate surface area is 102 Å². The molecule has 0 saturated heterocycles. The van der Waals surface area contributed by atoms with Crippen molar-refractivity contribution in [2.75, 3.05) is 11.0 Å². The highest BCUT2D eigenvalue weighted by Crippen LogP contribution is 2.31. The molecule has 0 aromatic heterocycles. The monoisotopic (exact) mass is 317 g/mol. The van der Waals surface area contributed by atoms with Crippen LogP contribution in [0, 0.1) is 0 Å². The van der Waals surface area contributed by atoms with Gasteiger partial charge in [0, 0.05) is 22.1 Å². The van der Waals surface area contributed by atoms with Gasteiger partial charge in [0.2, 0.25) is 0 Å². The number of aliphatic hydroxyl groups is 1. The van der Waals surface area contributed by atoms with Crippen LogP contribution in [0.1, 0.15) is 28.6 Å². The average molecular weight is 317 g/mol. The molecule has 0 aliphatic carbocycles. The van der Waals surface area contributed by atoms with E-state index < -0.39 is 6.23 Å². The molecule has 0 spiro atoms. The summed E-state index contributed by atoms with van der Waals surface area (Å²) in [6.45, 7) is 0.623. The van der Waals surface area contributed by atoms with Crippen LogP contribution in [0.4, 0.5) is 0 Å². The van der Waals surface area contributed by atoms with Crippen molar-refractivity contribution in [3.63, 3.8) is 0 Å². The van der Waals surface area contributed by atoms with Crippen molar-refractivity contribution in [2.45, 2.75) is 12.6 Å². The van der Waals surface area contributed by atoms with Crippen LogP contribution >= 0.6 is 22.6 Å². The number of nitrogens with zero attached hydrogens (tertiary/aromatic N) is 1. The molecule has 15 heavy (non-hydrogen) atoms. The van der Waals surface area contributed by atoms with E-state index in [-0.39, 0.29) is 5.91 Å². The van der Waals surface area contributed by atoms with Crippen LogP contribution in [-0.4, -0.2) is 26.9 Å². The Morgan fingerprint density at radius 3 is 2.80 bits per heavy atom. The average Bonchev–Trinajstić information content (AvgIpc) is 2.51. The Morgan fingerprint density at radius 1 is 1.40 bits per heavy atom. The van der Waals surface area contributed by atoms with Crippen LogP contribution in [0.2, 0.25) is 0 Å². The van der Waals surface area contributed by atoms with Gasteiger partial charge in [-0.2, -0.15) is 0 Å². The van der Waals surface area contributed by atoms with Gasteiger partial charge in [0.05, 0.1) is 0 Å². The molecular formula is C11H12INO2. The number of alkyl halides is 1. The fourth-order valence-corrected chi connectivity index (χ4v) is 2.15. The summed E-state index contributed by atoms with van der Waals surface area (Å²) < 4.78 is 0.991. The molecule has 1 aromatic rings. The van der Waals surface area contributed by atoms with Crippen molar-refractivity contribution in [3.8, 4) is 0 Å². The van der Waals surface area contributed by atoms with Gasteiger partial charge in [-0.1, -0.05) is 40.8 Å². The van der Waals surface area contributed by atoms with Crippen LogP contribution in [0.15, 0.2) is 24.3 Å². The van der Waals surface area contributed by atoms with Gasteiger partial charge in [0.15, 0.2) is 6.23 Å². The summed E-state index contributed by atoms with van der Waals surface area (Å²) in [6.07, 6.45) is 0.161. The summed E-state index contributed by atoms with van der Waals surface area (Å²) in [4.78, 5) is 13.4. The first kappa shape index (κ1) is 10.9. The van der Waals surface area contributed by atoms with Gasteiger partial charge >= 0.3 is 0 Å². The van der Waals surface area contributed by atoms with Gasteiger partial charge in [-0.15, -0.1) is 0 Å². The molecule has 0 bridgehead atoms. The van der Waals surface area contributed by atoms with Crippen molar-refractivity contribution < 1.29 is 9.90 Å². The highest BCUT2D eigenvalue weighted by Gasteiger charge is 2.34. The molecule has 2 rings (SSSR count). The van der Waals surface area contributed by atoms with Crippen LogP contribution < -0.4 is 0 Å². The first-order valence-corrected chi connectivity index (χ1v) is 6.42. The number of carbonyl (C=O) groups excluding carboxylic acids is 1. The third kappa shape index (κ3) is 1.88. The third-order valence-corrected chi connectivity index (χ3v) is 3.32. The number of hydrogen-bond acceptors (Lipinski definition) is 2. The zero-order valence-corrected chi connectivity index (χ0v) is 10.3. The molecule has 0 fully saturated rings. The Balaban J connectivity index is 2.25. The van der Waals surface area contributed by atoms with E-state index in [1.807, 2.05) is 18.2 Å². The van der Waals surface area contributed by atoms with E-state index >= 15 is 0 Å². The summed E-state index contributed by atoms with van der Waals surface area (Å²) in [5.41, 5.74) is 1.37. The predicted molar refractivity (Wildman–Crippen MR) is 65.9 cm³/mol. The molecule has 1 aromatic carbocycles. The van der Waals surface area contributed by atoms with Crippen LogP contribution in [0.3, 0.4) is 0 Å². The highest BCUT2D eigenvalue weighted by atomic mass is 127. The summed E-state index contributed by atoms with van der Waals surface area (Å²) in [7, 11) is 0. The van der Waals surface area contributed by atoms with Crippen LogP contribution in [0.5, 0.6) is 0 Å². The summed E-state index contributed by atoms with van der Waals surface area (Å²) in [6, 6.07) is 7.25. The molecule has 1 aliphatic rings. The Hall–Kier alpha value is -0.620. The zero-order chi connectivity index (χ0) is 10.8. The van der Waals surface area contributed by atoms with Gasteiger partial charge in [-0.3, -0.25) is 4.79 Å². The van der Waals surface area contributed by atoms with Crippen LogP contribution in [-0.2, 0) is 0 Å². The highest BCUT2D eigenvalue weighted by molar-refractivity contribution is 14.1. The number of rotatable bonds is 3. The first-order chi connectivity index (χ1) is 7.25. The van der Waals surface area contributed by atoms with Gasteiger partial charge in [0.1, 0.15) is 0 Å². The maximum Gasteiger partial charge on any atom is 0.256 e. The van der Waals surface area contributed by atoms with E-state index in [9.17, 15) is 9.90 Å². The minimum Gasteiger partial charge on any atom is -0.369 e. The summed E-state index contributed by atoms with van der Waals surface area (Å²) >= 11 is 2.27. The lowest BCUT2D eigenvalue weighted by molar-refractivity contribution is 0.0180. The molecule has 0 radical (unpaired) electrons. The number of fused-ring (bicyclic) bond motifs is 1. The van der Waals surface area contributed by atoms with Gasteiger partial charge in [0.25, 0.3) is 5.91 Å². The lowest BCUT2D eigenvalue weighted by atomic mass is 10.1. The molecule has 1 aliphatic heterocycles. The van der Waals surface area contributed by atoms with E-state index in [2.05, 4.69) is 22.6 Å². The van der Waals surface area contributed by atoms with Gasteiger partial charge < -0.3 is 10.0 Å². The maximum absolute atomic E-state index is 11.9. The normalized spacial score (nSPS) is 19.5. The number of amides is 1. The van der Waals surface area contributed by atoms with Gasteiger partial charge in [-0.05, 0) is 12.5 Å². The molecule has 1 atom stereocenters. The van der Waals surface area contributed by atoms with Gasteiger partial charge in [-0.25, -0.2) is 0 Å². The number of benzene rings is 1. The second kappa shape index (κ2) is 4.49. The lowest BCUT2D eigenvalue weighted by Crippen LogP contribution is -2.29. The van der Waals surface area contributed by atoms with E-state index in [0.29, 0.717) is 12.1 Å². The molecule has 80 valence electrons. The van der Waals surface area contributed by atoms with E-state index in [0.717, 1.165) is 16.4 Å². The Morgan fingerprint density at radius 2 is 2.13 bits per heavy atom. The first-order valence-electron chi connectivity index (χ1n) is 4.89. The minimum atomic E-state index is -0.753. The molecule has 0 saturated carbocycles. The topological polar surface area (TPSA) is 40.5 Å². The predicted octanol–water partition coefficient (Wildman–Crippen LogP) is 1.96. The van der Waals surface area contributed by atoms with Crippen molar-refractivity contribution in [1.82, 2.24) is 4.90 Å². The molecule has 1 unspecified atom stereocenters. The maximum atomic E-state index is 11.9. The lowest BCUT2D eigenvalue weighted by Gasteiger charge is -2.20. The number of halogens is 1. The Bertz CT molecular complexity index is 381. The smallest absolute Gasteiger partial charge is 0.256 e. The molecular weight excluding hydrogens is 305 g/mol. The SMILES string of the molecule is O=C1c2ccccc2C(O)N1CCCI. The van der Waals surface area contributed by atoms with Crippen molar-refractivity contribution in [1.29, 1.82) is 0 Å². The number of hydrogen-bond donors (Lipinski definition) is 1. The molecule has 1 N–H and O–H groups in total. The Kier molecular flexibility index (Phi) is 3.25. The molecule has 1 heterocycles. The third-order valence-electron chi connectivity index (χ3n) is 2.56. The number of carbonyl (C=O) groups is 1. The molecule has 3 nitrogen and oxygen atoms in total. The summed E-state index contributed by atoms with van der Waals surface area (Å²) in [5, 5.41) is 9.94. The second-order valence-corrected chi connectivity index (χ2v) is 4.58. The van der Waals surface area contributed by atoms with Crippen molar-refractivity contribution >= 4 is 28.5 Å². The summed E-state index contributed by atoms with van der Waals surface area (Å²) in [5.74, 6) is -0.0528. The van der Waals surface area contributed by atoms with E-state index in [4.69, 9.17) is 0 Å². The van der Waals surface area contributed by atoms with E-state index in [1.54, 1.807) is 6.07 Å². The fourth-order valence-electron chi connectivity index (χ4n) is 1.80. The largest absolute Gasteiger partial charge is 0.369 e. The van der Waals surface area contributed by atoms with Crippen LogP contribution in [0.25, 0.3) is 0 Å². The van der Waals surface area contributed by atoms with Crippen molar-refractivity contribution in [2.24, 2.45) is 0 Å². The molecule has 4 heteroatoms. The quantitative estimate of drug-likeness (QED) is 0.684. The minimum absolute atomic E-state index is 0.0528. The molecule has 1 amide bonds. The zero-order valence-electron chi connectivity index (χ0n) is 8.19. The second-order valence-electron chi connectivity index (χ2n) is 3.50. The standard InChI is InChI=1S/C11H12INO2/c12-6-3-7-13-10(14)8-4-1-2-5-9(8)11(13)15/h1-2,4-5,10,14H,3,6-7H2. The van der Waals surface area contributed by atoms with Crippen molar-refractivity contribution in [3.05, 3.63) is 35.4 Å².